The smallest absolute Gasteiger partial charge is 0.236 e. The van der Waals surface area contributed by atoms with E-state index in [0.717, 1.165) is 31.8 Å². The molecule has 1 fully saturated rings. The number of thioether (sulfide) groups is 1. The first-order valence-corrected chi connectivity index (χ1v) is 6.55. The van der Waals surface area contributed by atoms with Crippen LogP contribution in [0.25, 0.3) is 0 Å². The van der Waals surface area contributed by atoms with Gasteiger partial charge in [0.05, 0.1) is 13.2 Å². The molecule has 6 heteroatoms. The van der Waals surface area contributed by atoms with Crippen molar-refractivity contribution in [2.75, 3.05) is 51.4 Å². The molecule has 0 aromatic heterocycles. The minimum atomic E-state index is 0. The lowest BCUT2D eigenvalue weighted by molar-refractivity contribution is -0.130. The van der Waals surface area contributed by atoms with Crippen molar-refractivity contribution in [3.63, 3.8) is 0 Å². The number of methoxy groups -OCH3 is 1. The lowest BCUT2D eigenvalue weighted by Crippen LogP contribution is -2.40. The zero-order chi connectivity index (χ0) is 10.9. The zero-order valence-corrected chi connectivity index (χ0v) is 11.4. The molecule has 16 heavy (non-hydrogen) atoms. The van der Waals surface area contributed by atoms with Gasteiger partial charge in [0.15, 0.2) is 0 Å². The fraction of sp³-hybridized carbons (Fsp3) is 0.900. The Morgan fingerprint density at radius 2 is 2.25 bits per heavy atom. The van der Waals surface area contributed by atoms with Crippen molar-refractivity contribution in [2.24, 2.45) is 0 Å². The summed E-state index contributed by atoms with van der Waals surface area (Å²) in [5.74, 6) is 2.47. The molecule has 4 nitrogen and oxygen atoms in total. The summed E-state index contributed by atoms with van der Waals surface area (Å²) >= 11 is 1.93. The molecule has 0 saturated carbocycles. The Morgan fingerprint density at radius 1 is 1.44 bits per heavy atom. The van der Waals surface area contributed by atoms with Gasteiger partial charge in [-0.2, -0.15) is 11.8 Å². The molecular weight excluding hydrogens is 248 g/mol. The molecule has 0 bridgehead atoms. The number of amides is 1. The molecule has 0 aromatic carbocycles. The Morgan fingerprint density at radius 3 is 3.00 bits per heavy atom. The molecule has 1 N–H and O–H groups in total. The largest absolute Gasteiger partial charge is 0.383 e. The lowest BCUT2D eigenvalue weighted by Gasteiger charge is -2.20. The van der Waals surface area contributed by atoms with Crippen LogP contribution in [0.2, 0.25) is 0 Å². The standard InChI is InChI=1S/C10H20N2O2S.ClH/c1-14-6-3-11-9-10(13)12-4-2-7-15-8-5-12;/h11H,2-9H2,1H3;1H. The predicted molar refractivity (Wildman–Crippen MR) is 70.5 cm³/mol. The fourth-order valence-electron chi connectivity index (χ4n) is 1.48. The van der Waals surface area contributed by atoms with Crippen LogP contribution in [0.4, 0.5) is 0 Å². The van der Waals surface area contributed by atoms with Gasteiger partial charge in [-0.25, -0.2) is 0 Å². The molecule has 0 spiro atoms. The molecular formula is C10H21ClN2O2S. The summed E-state index contributed by atoms with van der Waals surface area (Å²) < 4.78 is 4.90. The second kappa shape index (κ2) is 10.2. The van der Waals surface area contributed by atoms with E-state index < -0.39 is 0 Å². The Balaban J connectivity index is 0.00000225. The van der Waals surface area contributed by atoms with Crippen LogP contribution in [0.15, 0.2) is 0 Å². The molecule has 1 saturated heterocycles. The highest BCUT2D eigenvalue weighted by molar-refractivity contribution is 7.99. The van der Waals surface area contributed by atoms with E-state index in [1.54, 1.807) is 7.11 Å². The Kier molecular flexibility index (Phi) is 10.2. The summed E-state index contributed by atoms with van der Waals surface area (Å²) in [6, 6.07) is 0. The molecule has 1 rings (SSSR count). The number of nitrogens with one attached hydrogen (secondary N) is 1. The van der Waals surface area contributed by atoms with Crippen LogP contribution in [0.1, 0.15) is 6.42 Å². The molecule has 1 amide bonds. The minimum Gasteiger partial charge on any atom is -0.383 e. The highest BCUT2D eigenvalue weighted by atomic mass is 35.5. The van der Waals surface area contributed by atoms with E-state index >= 15 is 0 Å². The average molecular weight is 269 g/mol. The van der Waals surface area contributed by atoms with Crippen molar-refractivity contribution < 1.29 is 9.53 Å². The van der Waals surface area contributed by atoms with Gasteiger partial charge in [0.2, 0.25) is 5.91 Å². The van der Waals surface area contributed by atoms with Gasteiger partial charge in [-0.1, -0.05) is 0 Å². The first-order chi connectivity index (χ1) is 7.34. The summed E-state index contributed by atoms with van der Waals surface area (Å²) in [7, 11) is 1.66. The molecule has 0 unspecified atom stereocenters. The van der Waals surface area contributed by atoms with Crippen LogP contribution in [-0.2, 0) is 9.53 Å². The molecule has 0 aliphatic carbocycles. The second-order valence-electron chi connectivity index (χ2n) is 3.52. The van der Waals surface area contributed by atoms with Gasteiger partial charge in [-0.15, -0.1) is 12.4 Å². The number of halogens is 1. The van der Waals surface area contributed by atoms with Gasteiger partial charge in [0.1, 0.15) is 0 Å². The molecule has 1 aliphatic rings. The maximum absolute atomic E-state index is 11.7. The van der Waals surface area contributed by atoms with E-state index in [1.807, 2.05) is 16.7 Å². The third-order valence-corrected chi connectivity index (χ3v) is 3.38. The normalized spacial score (nSPS) is 16.4. The van der Waals surface area contributed by atoms with Crippen molar-refractivity contribution in [3.8, 4) is 0 Å². The number of nitrogens with zero attached hydrogens (tertiary/aromatic N) is 1. The van der Waals surface area contributed by atoms with Crippen molar-refractivity contribution in [1.29, 1.82) is 0 Å². The minimum absolute atomic E-state index is 0. The van der Waals surface area contributed by atoms with E-state index in [0.29, 0.717) is 13.2 Å². The average Bonchev–Trinajstić information content (AvgIpc) is 2.52. The lowest BCUT2D eigenvalue weighted by atomic mass is 10.4. The van der Waals surface area contributed by atoms with Crippen LogP contribution in [0.3, 0.4) is 0 Å². The zero-order valence-electron chi connectivity index (χ0n) is 9.74. The third-order valence-electron chi connectivity index (χ3n) is 2.33. The van der Waals surface area contributed by atoms with Gasteiger partial charge < -0.3 is 15.0 Å². The van der Waals surface area contributed by atoms with E-state index in [1.165, 1.54) is 5.75 Å². The highest BCUT2D eigenvalue weighted by Gasteiger charge is 2.14. The van der Waals surface area contributed by atoms with Crippen molar-refractivity contribution in [3.05, 3.63) is 0 Å². The summed E-state index contributed by atoms with van der Waals surface area (Å²) in [4.78, 5) is 13.7. The van der Waals surface area contributed by atoms with Crippen LogP contribution in [0, 0.1) is 0 Å². The first-order valence-electron chi connectivity index (χ1n) is 5.40. The van der Waals surface area contributed by atoms with Crippen LogP contribution in [0.5, 0.6) is 0 Å². The molecule has 0 radical (unpaired) electrons. The Labute approximate surface area is 108 Å². The number of carbonyl (C=O) groups excluding carboxylic acids is 1. The number of carbonyl (C=O) groups is 1. The third kappa shape index (κ3) is 6.58. The summed E-state index contributed by atoms with van der Waals surface area (Å²) in [5, 5.41) is 3.08. The summed E-state index contributed by atoms with van der Waals surface area (Å²) in [5.41, 5.74) is 0. The molecule has 1 heterocycles. The van der Waals surface area contributed by atoms with Crippen molar-refractivity contribution in [2.45, 2.75) is 6.42 Å². The number of hydrogen-bond acceptors (Lipinski definition) is 4. The monoisotopic (exact) mass is 268 g/mol. The Bertz CT molecular complexity index is 188. The number of ether oxygens (including phenoxy) is 1. The Hall–Kier alpha value is 0.0300. The summed E-state index contributed by atoms with van der Waals surface area (Å²) in [6.07, 6.45) is 1.12. The second-order valence-corrected chi connectivity index (χ2v) is 4.74. The van der Waals surface area contributed by atoms with Gasteiger partial charge in [-0.3, -0.25) is 4.79 Å². The van der Waals surface area contributed by atoms with Crippen molar-refractivity contribution >= 4 is 30.1 Å². The molecule has 0 aromatic rings. The van der Waals surface area contributed by atoms with Crippen LogP contribution >= 0.6 is 24.2 Å². The number of rotatable bonds is 5. The summed E-state index contributed by atoms with van der Waals surface area (Å²) in [6.45, 7) is 3.65. The molecule has 96 valence electrons. The van der Waals surface area contributed by atoms with Gasteiger partial charge in [-0.05, 0) is 12.2 Å². The van der Waals surface area contributed by atoms with Crippen LogP contribution < -0.4 is 5.32 Å². The fourth-order valence-corrected chi connectivity index (χ4v) is 2.36. The van der Waals surface area contributed by atoms with Gasteiger partial charge in [0.25, 0.3) is 0 Å². The topological polar surface area (TPSA) is 41.6 Å². The predicted octanol–water partition coefficient (Wildman–Crippen LogP) is 0.610. The first kappa shape index (κ1) is 16.0. The maximum Gasteiger partial charge on any atom is 0.236 e. The van der Waals surface area contributed by atoms with E-state index in [4.69, 9.17) is 4.74 Å². The maximum atomic E-state index is 11.7. The van der Waals surface area contributed by atoms with Gasteiger partial charge in [0, 0.05) is 32.5 Å². The van der Waals surface area contributed by atoms with E-state index in [9.17, 15) is 4.79 Å². The van der Waals surface area contributed by atoms with Crippen molar-refractivity contribution in [1.82, 2.24) is 10.2 Å². The SMILES string of the molecule is COCCNCC(=O)N1CCCSCC1.Cl. The van der Waals surface area contributed by atoms with Crippen LogP contribution in [-0.4, -0.2) is 62.2 Å². The molecule has 0 atom stereocenters. The number of hydrogen-bond donors (Lipinski definition) is 1. The van der Waals surface area contributed by atoms with Gasteiger partial charge >= 0.3 is 0 Å². The highest BCUT2D eigenvalue weighted by Crippen LogP contribution is 2.09. The van der Waals surface area contributed by atoms with E-state index in [2.05, 4.69) is 5.32 Å². The quantitative estimate of drug-likeness (QED) is 0.742. The molecule has 1 aliphatic heterocycles. The van der Waals surface area contributed by atoms with E-state index in [-0.39, 0.29) is 18.3 Å².